The lowest BCUT2D eigenvalue weighted by Crippen LogP contribution is -2.22. The van der Waals surface area contributed by atoms with Crippen molar-refractivity contribution in [1.29, 1.82) is 0 Å². The van der Waals surface area contributed by atoms with Crippen molar-refractivity contribution in [3.8, 4) is 0 Å². The van der Waals surface area contributed by atoms with Gasteiger partial charge in [-0.1, -0.05) is 0 Å². The van der Waals surface area contributed by atoms with Gasteiger partial charge in [-0.05, 0) is 41.0 Å². The molecule has 0 amide bonds. The smallest absolute Gasteiger partial charge is 0.0537 e. The first-order valence-corrected chi connectivity index (χ1v) is 5.51. The Bertz CT molecular complexity index is 280. The second-order valence-electron chi connectivity index (χ2n) is 4.06. The summed E-state index contributed by atoms with van der Waals surface area (Å²) in [5, 5.41) is 7.62. The number of aryl methyl sites for hydroxylation is 1. The fourth-order valence-corrected chi connectivity index (χ4v) is 1.60. The number of rotatable bonds is 6. The Kier molecular flexibility index (Phi) is 4.78. The van der Waals surface area contributed by atoms with E-state index in [0.29, 0.717) is 6.04 Å². The average molecular weight is 210 g/mol. The Morgan fingerprint density at radius 3 is 2.73 bits per heavy atom. The van der Waals surface area contributed by atoms with Gasteiger partial charge in [0, 0.05) is 24.3 Å². The van der Waals surface area contributed by atoms with E-state index in [-0.39, 0.29) is 0 Å². The monoisotopic (exact) mass is 210 g/mol. The molecule has 1 atom stereocenters. The third-order valence-corrected chi connectivity index (χ3v) is 2.59. The van der Waals surface area contributed by atoms with Gasteiger partial charge < -0.3 is 10.2 Å². The molecule has 0 aromatic carbocycles. The molecular formula is C11H22N4. The van der Waals surface area contributed by atoms with Crippen molar-refractivity contribution in [2.45, 2.75) is 25.9 Å². The predicted octanol–water partition coefficient (Wildman–Crippen LogP) is 1.12. The second kappa shape index (κ2) is 5.88. The molecule has 1 N–H and O–H groups in total. The van der Waals surface area contributed by atoms with Gasteiger partial charge in [0.2, 0.25) is 0 Å². The van der Waals surface area contributed by atoms with Crippen LogP contribution in [0.4, 0.5) is 0 Å². The van der Waals surface area contributed by atoms with Crippen molar-refractivity contribution in [3.05, 3.63) is 18.0 Å². The highest BCUT2D eigenvalue weighted by atomic mass is 15.3. The summed E-state index contributed by atoms with van der Waals surface area (Å²) in [5.41, 5.74) is 1.28. The lowest BCUT2D eigenvalue weighted by Gasteiger charge is -2.17. The van der Waals surface area contributed by atoms with Gasteiger partial charge in [0.1, 0.15) is 0 Å². The molecule has 4 nitrogen and oxygen atoms in total. The molecular weight excluding hydrogens is 188 g/mol. The highest BCUT2D eigenvalue weighted by molar-refractivity contribution is 5.10. The van der Waals surface area contributed by atoms with Gasteiger partial charge in [-0.3, -0.25) is 4.68 Å². The first kappa shape index (κ1) is 12.2. The quantitative estimate of drug-likeness (QED) is 0.763. The SMILES string of the molecule is CCn1cc(C(CCN(C)C)NC)cn1. The van der Waals surface area contributed by atoms with Crippen LogP contribution in [0.5, 0.6) is 0 Å². The van der Waals surface area contributed by atoms with E-state index in [1.807, 2.05) is 17.9 Å². The zero-order valence-corrected chi connectivity index (χ0v) is 10.2. The van der Waals surface area contributed by atoms with Crippen LogP contribution in [-0.2, 0) is 6.54 Å². The molecule has 1 rings (SSSR count). The summed E-state index contributed by atoms with van der Waals surface area (Å²) in [6, 6.07) is 0.410. The molecule has 1 unspecified atom stereocenters. The van der Waals surface area contributed by atoms with E-state index in [4.69, 9.17) is 0 Å². The summed E-state index contributed by atoms with van der Waals surface area (Å²) in [6.07, 6.45) is 5.19. The molecule has 0 saturated heterocycles. The molecule has 0 bridgehead atoms. The topological polar surface area (TPSA) is 33.1 Å². The zero-order chi connectivity index (χ0) is 11.3. The summed E-state index contributed by atoms with van der Waals surface area (Å²) in [6.45, 7) is 4.12. The van der Waals surface area contributed by atoms with Crippen LogP contribution < -0.4 is 5.32 Å². The Morgan fingerprint density at radius 2 is 2.27 bits per heavy atom. The number of aromatic nitrogens is 2. The summed E-state index contributed by atoms with van der Waals surface area (Å²) < 4.78 is 1.97. The van der Waals surface area contributed by atoms with Crippen molar-refractivity contribution in [2.75, 3.05) is 27.7 Å². The molecule has 0 spiro atoms. The largest absolute Gasteiger partial charge is 0.313 e. The Morgan fingerprint density at radius 1 is 1.53 bits per heavy atom. The van der Waals surface area contributed by atoms with Crippen molar-refractivity contribution in [3.63, 3.8) is 0 Å². The first-order chi connectivity index (χ1) is 7.17. The van der Waals surface area contributed by atoms with E-state index in [2.05, 4.69) is 42.5 Å². The van der Waals surface area contributed by atoms with Crippen LogP contribution in [0.15, 0.2) is 12.4 Å². The van der Waals surface area contributed by atoms with E-state index >= 15 is 0 Å². The molecule has 0 aliphatic carbocycles. The lowest BCUT2D eigenvalue weighted by molar-refractivity contribution is 0.368. The maximum absolute atomic E-state index is 4.29. The van der Waals surface area contributed by atoms with Crippen molar-refractivity contribution in [2.24, 2.45) is 0 Å². The number of nitrogens with one attached hydrogen (secondary N) is 1. The lowest BCUT2D eigenvalue weighted by atomic mass is 10.1. The molecule has 0 saturated carbocycles. The molecule has 1 heterocycles. The molecule has 0 aliphatic heterocycles. The van der Waals surface area contributed by atoms with E-state index in [1.54, 1.807) is 0 Å². The summed E-state index contributed by atoms with van der Waals surface area (Å²) >= 11 is 0. The van der Waals surface area contributed by atoms with Crippen LogP contribution in [0.2, 0.25) is 0 Å². The van der Waals surface area contributed by atoms with E-state index in [0.717, 1.165) is 19.5 Å². The van der Waals surface area contributed by atoms with E-state index < -0.39 is 0 Å². The van der Waals surface area contributed by atoms with Crippen molar-refractivity contribution >= 4 is 0 Å². The maximum atomic E-state index is 4.29. The third kappa shape index (κ3) is 3.64. The van der Waals surface area contributed by atoms with Crippen LogP contribution in [0, 0.1) is 0 Å². The highest BCUT2D eigenvalue weighted by Gasteiger charge is 2.11. The Balaban J connectivity index is 2.57. The van der Waals surface area contributed by atoms with Crippen LogP contribution in [0.25, 0.3) is 0 Å². The number of nitrogens with zero attached hydrogens (tertiary/aromatic N) is 3. The summed E-state index contributed by atoms with van der Waals surface area (Å²) in [5.74, 6) is 0. The molecule has 0 radical (unpaired) electrons. The Labute approximate surface area is 92.3 Å². The van der Waals surface area contributed by atoms with Gasteiger partial charge in [0.25, 0.3) is 0 Å². The molecule has 1 aromatic heterocycles. The highest BCUT2D eigenvalue weighted by Crippen LogP contribution is 2.15. The number of hydrogen-bond donors (Lipinski definition) is 1. The fourth-order valence-electron chi connectivity index (χ4n) is 1.60. The van der Waals surface area contributed by atoms with Crippen LogP contribution >= 0.6 is 0 Å². The molecule has 0 aliphatic rings. The normalized spacial score (nSPS) is 13.4. The standard InChI is InChI=1S/C11H22N4/c1-5-15-9-10(8-13-15)11(12-2)6-7-14(3)4/h8-9,11-12H,5-7H2,1-4H3. The minimum absolute atomic E-state index is 0.410. The van der Waals surface area contributed by atoms with E-state index in [1.165, 1.54) is 5.56 Å². The predicted molar refractivity (Wildman–Crippen MR) is 62.9 cm³/mol. The molecule has 86 valence electrons. The molecule has 1 aromatic rings. The van der Waals surface area contributed by atoms with E-state index in [9.17, 15) is 0 Å². The minimum atomic E-state index is 0.410. The molecule has 4 heteroatoms. The fraction of sp³-hybridized carbons (Fsp3) is 0.727. The molecule has 0 fully saturated rings. The first-order valence-electron chi connectivity index (χ1n) is 5.51. The Hall–Kier alpha value is -0.870. The van der Waals surface area contributed by atoms with Gasteiger partial charge in [-0.25, -0.2) is 0 Å². The van der Waals surface area contributed by atoms with Crippen molar-refractivity contribution in [1.82, 2.24) is 20.0 Å². The van der Waals surface area contributed by atoms with Gasteiger partial charge >= 0.3 is 0 Å². The summed E-state index contributed by atoms with van der Waals surface area (Å²) in [7, 11) is 6.20. The van der Waals surface area contributed by atoms with Crippen LogP contribution in [-0.4, -0.2) is 42.4 Å². The van der Waals surface area contributed by atoms with Crippen LogP contribution in [0.1, 0.15) is 24.9 Å². The maximum Gasteiger partial charge on any atom is 0.0537 e. The minimum Gasteiger partial charge on any atom is -0.313 e. The summed E-state index contributed by atoms with van der Waals surface area (Å²) in [4.78, 5) is 2.20. The second-order valence-corrected chi connectivity index (χ2v) is 4.06. The van der Waals surface area contributed by atoms with Gasteiger partial charge in [-0.2, -0.15) is 5.10 Å². The third-order valence-electron chi connectivity index (χ3n) is 2.59. The van der Waals surface area contributed by atoms with Gasteiger partial charge in [-0.15, -0.1) is 0 Å². The number of hydrogen-bond acceptors (Lipinski definition) is 3. The van der Waals surface area contributed by atoms with Crippen LogP contribution in [0.3, 0.4) is 0 Å². The van der Waals surface area contributed by atoms with Gasteiger partial charge in [0.15, 0.2) is 0 Å². The zero-order valence-electron chi connectivity index (χ0n) is 10.2. The van der Waals surface area contributed by atoms with Gasteiger partial charge in [0.05, 0.1) is 6.20 Å². The average Bonchev–Trinajstić information content (AvgIpc) is 2.67. The molecule has 15 heavy (non-hydrogen) atoms. The van der Waals surface area contributed by atoms with Crippen molar-refractivity contribution < 1.29 is 0 Å².